The van der Waals surface area contributed by atoms with E-state index in [0.29, 0.717) is 0 Å². The van der Waals surface area contributed by atoms with Gasteiger partial charge in [-0.3, -0.25) is 0 Å². The van der Waals surface area contributed by atoms with E-state index in [1.54, 1.807) is 0 Å². The van der Waals surface area contributed by atoms with Crippen molar-refractivity contribution in [2.75, 3.05) is 6.54 Å². The predicted molar refractivity (Wildman–Crippen MR) is 31.7 cm³/mol. The minimum absolute atomic E-state index is 0.0164. The van der Waals surface area contributed by atoms with Crippen molar-refractivity contribution in [1.82, 2.24) is 5.32 Å². The van der Waals surface area contributed by atoms with Crippen LogP contribution in [-0.2, 0) is 9.36 Å². The summed E-state index contributed by atoms with van der Waals surface area (Å²) in [5.74, 6) is 1.32. The second-order valence-electron chi connectivity index (χ2n) is 1.27. The van der Waals surface area contributed by atoms with Crippen molar-refractivity contribution in [3.63, 3.8) is 0 Å². The quantitative estimate of drug-likeness (QED) is 0.341. The molecule has 0 aliphatic heterocycles. The molecule has 5 heteroatoms. The molecule has 0 saturated carbocycles. The monoisotopic (exact) mass is 147 g/mol. The number of nitrogens with one attached hydrogen (secondary N) is 1. The van der Waals surface area contributed by atoms with E-state index in [0.717, 1.165) is 0 Å². The Kier molecular flexibility index (Phi) is 5.23. The average Bonchev–Trinajstić information content (AvgIpc) is 1.80. The van der Waals surface area contributed by atoms with Crippen molar-refractivity contribution in [1.29, 1.82) is 0 Å². The van der Waals surface area contributed by atoms with Crippen LogP contribution < -0.4 is 5.32 Å². The molecule has 0 heterocycles. The van der Waals surface area contributed by atoms with Crippen molar-refractivity contribution in [3.8, 4) is 5.75 Å². The predicted octanol–water partition coefficient (Wildman–Crippen LogP) is 0.259. The number of hydrogen-bond donors (Lipinski definition) is 2. The van der Waals surface area contributed by atoms with Crippen LogP contribution in [0.1, 0.15) is 6.42 Å². The van der Waals surface area contributed by atoms with E-state index in [9.17, 15) is 9.36 Å². The Morgan fingerprint density at radius 2 is 2.44 bits per heavy atom. The van der Waals surface area contributed by atoms with Crippen molar-refractivity contribution < 1.29 is 14.5 Å². The van der Waals surface area contributed by atoms with Gasteiger partial charge in [0, 0.05) is 0 Å². The topological polar surface area (TPSA) is 66.4 Å². The van der Waals surface area contributed by atoms with E-state index in [2.05, 4.69) is 11.1 Å². The molecular formula is C4H6NO3P. The molecule has 2 N–H and O–H groups in total. The molecule has 0 saturated heterocycles. The number of rotatable bonds is 3. The summed E-state index contributed by atoms with van der Waals surface area (Å²) < 4.78 is 9.63. The Morgan fingerprint density at radius 1 is 1.78 bits per heavy atom. The van der Waals surface area contributed by atoms with E-state index in [4.69, 9.17) is 5.11 Å². The zero-order valence-corrected chi connectivity index (χ0v) is 5.52. The van der Waals surface area contributed by atoms with Gasteiger partial charge in [0.15, 0.2) is 0 Å². The zero-order valence-electron chi connectivity index (χ0n) is 4.63. The van der Waals surface area contributed by atoms with E-state index in [1.165, 1.54) is 0 Å². The Labute approximate surface area is 53.4 Å². The Balaban J connectivity index is 3.17. The molecule has 0 aromatic rings. The second-order valence-corrected chi connectivity index (χ2v) is 1.68. The Hall–Kier alpha value is -0.560. The Bertz CT molecular complexity index is 183. The normalized spacial score (nSPS) is 8.00. The van der Waals surface area contributed by atoms with Gasteiger partial charge in [-0.15, -0.1) is 0 Å². The van der Waals surface area contributed by atoms with E-state index < -0.39 is 5.97 Å². The molecule has 0 unspecified atom stereocenters. The van der Waals surface area contributed by atoms with Crippen LogP contribution in [0.4, 0.5) is 0 Å². The summed E-state index contributed by atoms with van der Waals surface area (Å²) in [6, 6.07) is 0. The maximum atomic E-state index is 9.81. The molecule has 0 radical (unpaired) electrons. The molecule has 0 aliphatic carbocycles. The summed E-state index contributed by atoms with van der Waals surface area (Å²) in [4.78, 5) is 9.81. The summed E-state index contributed by atoms with van der Waals surface area (Å²) in [5.41, 5.74) is 0. The third-order valence-corrected chi connectivity index (χ3v) is 0.838. The van der Waals surface area contributed by atoms with Gasteiger partial charge in [0.2, 0.25) is 0 Å². The van der Waals surface area contributed by atoms with Gasteiger partial charge in [0.05, 0.1) is 0 Å². The van der Waals surface area contributed by atoms with Gasteiger partial charge >= 0.3 is 52.4 Å². The number of carbonyl (C=O) groups is 1. The van der Waals surface area contributed by atoms with Gasteiger partial charge in [0.25, 0.3) is 0 Å². The van der Waals surface area contributed by atoms with Crippen LogP contribution in [0.5, 0.6) is 0 Å². The molecule has 0 aromatic heterocycles. The van der Waals surface area contributed by atoms with Gasteiger partial charge in [-0.2, -0.15) is 0 Å². The third kappa shape index (κ3) is 7.44. The number of hydrogen-bond acceptors (Lipinski definition) is 3. The molecule has 50 valence electrons. The average molecular weight is 147 g/mol. The fraction of sp³-hybridized carbons (Fsp3) is 0.500. The van der Waals surface area contributed by atoms with Gasteiger partial charge in [-0.1, -0.05) is 0 Å². The fourth-order valence-electron chi connectivity index (χ4n) is 0.258. The van der Waals surface area contributed by atoms with E-state index in [1.807, 2.05) is 0 Å². The molecule has 0 spiro atoms. The first-order chi connectivity index (χ1) is 4.27. The standard InChI is InChI=1S/C4H6NO3P/c6-4(7)1-2-5-3-9-8/h5H,1-2H2,(H,6,7). The van der Waals surface area contributed by atoms with E-state index >= 15 is 0 Å². The van der Waals surface area contributed by atoms with Crippen molar-refractivity contribution in [2.45, 2.75) is 6.42 Å². The first-order valence-corrected chi connectivity index (χ1v) is 3.10. The number of carboxylic acids is 1. The van der Waals surface area contributed by atoms with Gasteiger partial charge in [0.1, 0.15) is 0 Å². The van der Waals surface area contributed by atoms with E-state index in [-0.39, 0.29) is 20.9 Å². The summed E-state index contributed by atoms with van der Waals surface area (Å²) in [7, 11) is -0.247. The zero-order chi connectivity index (χ0) is 7.11. The van der Waals surface area contributed by atoms with Crippen LogP contribution in [0.3, 0.4) is 0 Å². The second kappa shape index (κ2) is 5.57. The SMILES string of the molecule is O=P#CNCCC(=O)O. The van der Waals surface area contributed by atoms with Crippen molar-refractivity contribution in [2.24, 2.45) is 0 Å². The molecule has 0 bridgehead atoms. The molecule has 0 amide bonds. The van der Waals surface area contributed by atoms with Crippen LogP contribution in [0.25, 0.3) is 0 Å². The van der Waals surface area contributed by atoms with Crippen LogP contribution in [0, 0.1) is 5.75 Å². The molecule has 4 nitrogen and oxygen atoms in total. The minimum atomic E-state index is -0.883. The van der Waals surface area contributed by atoms with Gasteiger partial charge in [-0.25, -0.2) is 0 Å². The molecule has 0 fully saturated rings. The Morgan fingerprint density at radius 3 is 2.89 bits per heavy atom. The van der Waals surface area contributed by atoms with Crippen LogP contribution >= 0.6 is 7.92 Å². The fourth-order valence-corrected chi connectivity index (χ4v) is 0.434. The van der Waals surface area contributed by atoms with Crippen LogP contribution in [-0.4, -0.2) is 17.6 Å². The molecule has 0 atom stereocenters. The van der Waals surface area contributed by atoms with Crippen LogP contribution in [0.15, 0.2) is 0 Å². The van der Waals surface area contributed by atoms with Crippen molar-refractivity contribution in [3.05, 3.63) is 0 Å². The van der Waals surface area contributed by atoms with Gasteiger partial charge in [-0.05, 0) is 0 Å². The first-order valence-electron chi connectivity index (χ1n) is 2.29. The van der Waals surface area contributed by atoms with Gasteiger partial charge < -0.3 is 0 Å². The molecule has 0 rings (SSSR count). The summed E-state index contributed by atoms with van der Waals surface area (Å²) in [6.07, 6.45) is 0.0164. The first kappa shape index (κ1) is 8.44. The molecular weight excluding hydrogens is 141 g/mol. The number of aliphatic carboxylic acids is 1. The maximum absolute atomic E-state index is 9.81. The third-order valence-electron chi connectivity index (χ3n) is 0.589. The number of carboxylic acid groups (broad SMARTS) is 1. The summed E-state index contributed by atoms with van der Waals surface area (Å²) >= 11 is 0. The summed E-state index contributed by atoms with van der Waals surface area (Å²) in [5, 5.41) is 10.5. The molecule has 0 aromatic carbocycles. The summed E-state index contributed by atoms with van der Waals surface area (Å²) in [6.45, 7) is 0.268. The molecule has 0 aliphatic rings. The van der Waals surface area contributed by atoms with Crippen molar-refractivity contribution >= 4 is 13.9 Å². The van der Waals surface area contributed by atoms with Crippen LogP contribution in [0.2, 0.25) is 0 Å². The molecule has 9 heavy (non-hydrogen) atoms.